The van der Waals surface area contributed by atoms with Gasteiger partial charge in [-0.25, -0.2) is 4.68 Å². The summed E-state index contributed by atoms with van der Waals surface area (Å²) in [5.41, 5.74) is 7.86. The Bertz CT molecular complexity index is 1810. The van der Waals surface area contributed by atoms with Crippen LogP contribution in [-0.2, 0) is 0 Å². The van der Waals surface area contributed by atoms with Crippen LogP contribution < -0.4 is 10.1 Å². The molecule has 0 saturated heterocycles. The fourth-order valence-electron chi connectivity index (χ4n) is 4.55. The minimum absolute atomic E-state index is 0.196. The molecule has 2 aromatic carbocycles. The van der Waals surface area contributed by atoms with Gasteiger partial charge in [-0.1, -0.05) is 47.2 Å². The number of rotatable bonds is 4. The van der Waals surface area contributed by atoms with Crippen LogP contribution in [0.2, 0.25) is 0 Å². The number of hydrogen-bond donors (Lipinski definition) is 0. The zero-order valence-corrected chi connectivity index (χ0v) is 20.8. The van der Waals surface area contributed by atoms with E-state index in [9.17, 15) is 4.79 Å². The first kappa shape index (κ1) is 22.1. The first-order valence-corrected chi connectivity index (χ1v) is 12.3. The van der Waals surface area contributed by atoms with Crippen LogP contribution in [0.25, 0.3) is 39.4 Å². The molecule has 7 nitrogen and oxygen atoms in total. The minimum atomic E-state index is -0.196. The number of pyridine rings is 1. The molecule has 0 N–H and O–H groups in total. The molecule has 0 spiro atoms. The van der Waals surface area contributed by atoms with Gasteiger partial charge in [0, 0.05) is 35.3 Å². The molecule has 0 aliphatic heterocycles. The largest absolute Gasteiger partial charge is 0.291 e. The highest BCUT2D eigenvalue weighted by Crippen LogP contribution is 2.31. The van der Waals surface area contributed by atoms with Gasteiger partial charge in [0.05, 0.1) is 10.2 Å². The number of thiazole rings is 1. The molecule has 8 heteroatoms. The van der Waals surface area contributed by atoms with Crippen LogP contribution in [0.4, 0.5) is 0 Å². The molecule has 0 radical (unpaired) electrons. The second-order valence-electron chi connectivity index (χ2n) is 8.77. The van der Waals surface area contributed by atoms with Crippen LogP contribution in [0.3, 0.4) is 0 Å². The van der Waals surface area contributed by atoms with E-state index in [2.05, 4.69) is 48.0 Å². The van der Waals surface area contributed by atoms with Crippen LogP contribution in [-0.4, -0.2) is 29.4 Å². The highest BCUT2D eigenvalue weighted by molar-refractivity contribution is 7.15. The maximum absolute atomic E-state index is 13.3. The second-order valence-corrected chi connectivity index (χ2v) is 9.78. The van der Waals surface area contributed by atoms with Crippen molar-refractivity contribution in [1.29, 1.82) is 0 Å². The molecule has 36 heavy (non-hydrogen) atoms. The number of nitrogens with zero attached hydrogens (tertiary/aromatic N) is 6. The molecule has 0 saturated carbocycles. The molecule has 176 valence electrons. The van der Waals surface area contributed by atoms with E-state index in [1.165, 1.54) is 21.4 Å². The monoisotopic (exact) mass is 490 g/mol. The number of benzene rings is 2. The van der Waals surface area contributed by atoms with Crippen LogP contribution in [0, 0.1) is 20.8 Å². The Balaban J connectivity index is 1.54. The molecular weight excluding hydrogens is 468 g/mol. The fraction of sp³-hybridized carbons (Fsp3) is 0.107. The lowest BCUT2D eigenvalue weighted by molar-refractivity contribution is 0.883. The lowest BCUT2D eigenvalue weighted by Crippen LogP contribution is -2.23. The third-order valence-electron chi connectivity index (χ3n) is 6.08. The Morgan fingerprint density at radius 3 is 2.33 bits per heavy atom. The smallest absolute Gasteiger partial charge is 0.266 e. The summed E-state index contributed by atoms with van der Waals surface area (Å²) < 4.78 is 3.79. The average molecular weight is 491 g/mol. The molecule has 0 atom stereocenters. The van der Waals surface area contributed by atoms with E-state index in [4.69, 9.17) is 5.10 Å². The first-order valence-electron chi connectivity index (χ1n) is 11.5. The van der Waals surface area contributed by atoms with Gasteiger partial charge in [0.25, 0.3) is 5.56 Å². The van der Waals surface area contributed by atoms with Crippen molar-refractivity contribution in [2.75, 3.05) is 0 Å². The van der Waals surface area contributed by atoms with Gasteiger partial charge in [0.1, 0.15) is 5.69 Å². The summed E-state index contributed by atoms with van der Waals surface area (Å²) in [5.74, 6) is 0.510. The third kappa shape index (κ3) is 3.81. The summed E-state index contributed by atoms with van der Waals surface area (Å²) in [6, 6.07) is 18.0. The molecule has 6 aromatic rings. The number of aromatic nitrogens is 6. The van der Waals surface area contributed by atoms with Crippen molar-refractivity contribution >= 4 is 22.4 Å². The summed E-state index contributed by atoms with van der Waals surface area (Å²) in [5, 5.41) is 9.42. The van der Waals surface area contributed by atoms with Gasteiger partial charge >= 0.3 is 0 Å². The number of hydrogen-bond acceptors (Lipinski definition) is 6. The zero-order chi connectivity index (χ0) is 24.8. The molecular formula is C28H22N6OS. The van der Waals surface area contributed by atoms with Gasteiger partial charge in [-0.05, 0) is 62.2 Å². The Kier molecular flexibility index (Phi) is 5.30. The highest BCUT2D eigenvalue weighted by Gasteiger charge is 2.17. The van der Waals surface area contributed by atoms with Crippen molar-refractivity contribution < 1.29 is 0 Å². The van der Waals surface area contributed by atoms with Gasteiger partial charge in [-0.3, -0.25) is 9.78 Å². The highest BCUT2D eigenvalue weighted by atomic mass is 32.1. The van der Waals surface area contributed by atoms with Gasteiger partial charge in [-0.2, -0.15) is 14.6 Å². The molecule has 4 aromatic heterocycles. The summed E-state index contributed by atoms with van der Waals surface area (Å²) in [7, 11) is 0. The average Bonchev–Trinajstić information content (AvgIpc) is 3.55. The predicted octanol–water partition coefficient (Wildman–Crippen LogP) is 4.54. The van der Waals surface area contributed by atoms with Gasteiger partial charge in [0.15, 0.2) is 5.82 Å². The normalized spacial score (nSPS) is 12.0. The Labute approximate surface area is 211 Å². The van der Waals surface area contributed by atoms with Crippen LogP contribution >= 0.6 is 11.3 Å². The number of para-hydroxylation sites is 1. The topological polar surface area (TPSA) is 78.0 Å². The quantitative estimate of drug-likeness (QED) is 0.363. The van der Waals surface area contributed by atoms with Crippen molar-refractivity contribution in [3.63, 3.8) is 0 Å². The Morgan fingerprint density at radius 1 is 0.917 bits per heavy atom. The van der Waals surface area contributed by atoms with Gasteiger partial charge in [0.2, 0.25) is 4.96 Å². The van der Waals surface area contributed by atoms with Gasteiger partial charge < -0.3 is 0 Å². The fourth-order valence-corrected chi connectivity index (χ4v) is 5.45. The van der Waals surface area contributed by atoms with E-state index in [-0.39, 0.29) is 5.56 Å². The number of aryl methyl sites for hydroxylation is 3. The van der Waals surface area contributed by atoms with E-state index in [1.807, 2.05) is 59.4 Å². The van der Waals surface area contributed by atoms with Crippen LogP contribution in [0.5, 0.6) is 0 Å². The third-order valence-corrected chi connectivity index (χ3v) is 7.04. The predicted molar refractivity (Wildman–Crippen MR) is 142 cm³/mol. The van der Waals surface area contributed by atoms with Crippen molar-refractivity contribution in [2.24, 2.45) is 0 Å². The Morgan fingerprint density at radius 2 is 1.64 bits per heavy atom. The van der Waals surface area contributed by atoms with Crippen LogP contribution in [0.15, 0.2) is 78.0 Å². The SMILES string of the molecule is Cc1cc(C)c(-c2nn(-c3ccccc3)cc2C=c2sc3nc(-c4ccncc4)nn3c2=O)c(C)c1. The van der Waals surface area contributed by atoms with E-state index >= 15 is 0 Å². The summed E-state index contributed by atoms with van der Waals surface area (Å²) in [6.45, 7) is 6.30. The van der Waals surface area contributed by atoms with E-state index in [0.29, 0.717) is 15.3 Å². The van der Waals surface area contributed by atoms with E-state index in [0.717, 1.165) is 39.2 Å². The maximum atomic E-state index is 13.3. The van der Waals surface area contributed by atoms with Crippen molar-refractivity contribution in [3.05, 3.63) is 110 Å². The minimum Gasteiger partial charge on any atom is -0.266 e. The summed E-state index contributed by atoms with van der Waals surface area (Å²) >= 11 is 1.32. The van der Waals surface area contributed by atoms with E-state index < -0.39 is 0 Å². The van der Waals surface area contributed by atoms with Crippen molar-refractivity contribution in [2.45, 2.75) is 20.8 Å². The maximum Gasteiger partial charge on any atom is 0.291 e. The van der Waals surface area contributed by atoms with Gasteiger partial charge in [-0.15, -0.1) is 5.10 Å². The van der Waals surface area contributed by atoms with E-state index in [1.54, 1.807) is 12.4 Å². The summed E-state index contributed by atoms with van der Waals surface area (Å²) in [6.07, 6.45) is 7.24. The molecule has 0 bridgehead atoms. The molecule has 6 rings (SSSR count). The second kappa shape index (κ2) is 8.66. The number of fused-ring (bicyclic) bond motifs is 1. The molecule has 4 heterocycles. The van der Waals surface area contributed by atoms with Crippen LogP contribution in [0.1, 0.15) is 22.3 Å². The molecule has 0 aliphatic rings. The lowest BCUT2D eigenvalue weighted by Gasteiger charge is -2.10. The van der Waals surface area contributed by atoms with Crippen molar-refractivity contribution in [3.8, 4) is 28.3 Å². The summed E-state index contributed by atoms with van der Waals surface area (Å²) in [4.78, 5) is 22.4. The molecule has 0 aliphatic carbocycles. The molecule has 0 unspecified atom stereocenters. The Hall–Kier alpha value is -4.43. The lowest BCUT2D eigenvalue weighted by atomic mass is 9.95. The molecule has 0 fully saturated rings. The molecule has 0 amide bonds. The zero-order valence-electron chi connectivity index (χ0n) is 20.0. The first-order chi connectivity index (χ1) is 17.5. The van der Waals surface area contributed by atoms with Crippen molar-refractivity contribution in [1.82, 2.24) is 29.4 Å². The standard InChI is InChI=1S/C28H22N6OS/c1-17-13-18(2)24(19(3)14-17)25-21(16-33(31-25)22-7-5-4-6-8-22)15-23-27(35)34-28(36-23)30-26(32-34)20-9-11-29-12-10-20/h4-16H,1-3H3.